The summed E-state index contributed by atoms with van der Waals surface area (Å²) < 4.78 is 2.09. The van der Waals surface area contributed by atoms with Crippen molar-refractivity contribution in [1.29, 1.82) is 5.26 Å². The average Bonchev–Trinajstić information content (AvgIpc) is 2.89. The molecule has 3 aromatic rings. The zero-order chi connectivity index (χ0) is 16.2. The van der Waals surface area contributed by atoms with Crippen molar-refractivity contribution in [3.05, 3.63) is 59.0 Å². The number of nitrogens with zero attached hydrogens (tertiary/aromatic N) is 4. The van der Waals surface area contributed by atoms with Crippen LogP contribution in [0.15, 0.2) is 36.5 Å². The molecule has 1 aromatic carbocycles. The molecule has 4 heteroatoms. The number of pyridine rings is 1. The average molecular weight is 304 g/mol. The molecule has 23 heavy (non-hydrogen) atoms. The van der Waals surface area contributed by atoms with Crippen LogP contribution in [-0.2, 0) is 19.4 Å². The first-order valence-electron chi connectivity index (χ1n) is 7.91. The summed E-state index contributed by atoms with van der Waals surface area (Å²) in [4.78, 5) is 9.26. The third-order valence-electron chi connectivity index (χ3n) is 4.01. The summed E-state index contributed by atoms with van der Waals surface area (Å²) >= 11 is 0. The molecule has 0 saturated carbocycles. The molecule has 4 nitrogen and oxygen atoms in total. The maximum absolute atomic E-state index is 8.90. The molecule has 0 radical (unpaired) electrons. The topological polar surface area (TPSA) is 54.5 Å². The number of benzene rings is 1. The Kier molecular flexibility index (Phi) is 4.38. The molecule has 0 aliphatic heterocycles. The Hall–Kier alpha value is -2.67. The molecule has 2 aromatic heterocycles. The fourth-order valence-electron chi connectivity index (χ4n) is 2.76. The first-order chi connectivity index (χ1) is 11.2. The molecule has 0 bridgehead atoms. The van der Waals surface area contributed by atoms with E-state index in [-0.39, 0.29) is 0 Å². The minimum Gasteiger partial charge on any atom is -0.312 e. The van der Waals surface area contributed by atoms with Gasteiger partial charge in [0.05, 0.1) is 12.5 Å². The van der Waals surface area contributed by atoms with Gasteiger partial charge < -0.3 is 4.57 Å². The zero-order valence-corrected chi connectivity index (χ0v) is 13.6. The van der Waals surface area contributed by atoms with Crippen molar-refractivity contribution in [1.82, 2.24) is 14.5 Å². The summed E-state index contributed by atoms with van der Waals surface area (Å²) in [5, 5.41) is 8.90. The van der Waals surface area contributed by atoms with Crippen molar-refractivity contribution in [3.8, 4) is 6.07 Å². The van der Waals surface area contributed by atoms with Gasteiger partial charge in [-0.05, 0) is 37.5 Å². The maximum Gasteiger partial charge on any atom is 0.160 e. The highest BCUT2D eigenvalue weighted by molar-refractivity contribution is 5.72. The second-order valence-corrected chi connectivity index (χ2v) is 5.93. The van der Waals surface area contributed by atoms with Crippen LogP contribution in [0.25, 0.3) is 11.2 Å². The number of hydrogen-bond acceptors (Lipinski definition) is 3. The van der Waals surface area contributed by atoms with Crippen molar-refractivity contribution < 1.29 is 0 Å². The van der Waals surface area contributed by atoms with E-state index in [9.17, 15) is 0 Å². The van der Waals surface area contributed by atoms with Gasteiger partial charge in [0.2, 0.25) is 0 Å². The minimum absolute atomic E-state index is 0.471. The quantitative estimate of drug-likeness (QED) is 0.721. The molecule has 0 saturated heterocycles. The molecule has 116 valence electrons. The molecule has 3 rings (SSSR count). The van der Waals surface area contributed by atoms with Crippen LogP contribution in [-0.4, -0.2) is 14.5 Å². The Balaban J connectivity index is 1.89. The van der Waals surface area contributed by atoms with Crippen LogP contribution in [0.1, 0.15) is 28.9 Å². The van der Waals surface area contributed by atoms with Gasteiger partial charge in [-0.3, -0.25) is 0 Å². The van der Waals surface area contributed by atoms with Gasteiger partial charge in [-0.2, -0.15) is 5.26 Å². The van der Waals surface area contributed by atoms with E-state index in [1.165, 1.54) is 11.1 Å². The highest BCUT2D eigenvalue weighted by Gasteiger charge is 2.12. The van der Waals surface area contributed by atoms with E-state index >= 15 is 0 Å². The fourth-order valence-corrected chi connectivity index (χ4v) is 2.76. The largest absolute Gasteiger partial charge is 0.312 e. The van der Waals surface area contributed by atoms with Crippen molar-refractivity contribution >= 4 is 11.2 Å². The lowest BCUT2D eigenvalue weighted by Crippen LogP contribution is -2.06. The number of aromatic nitrogens is 3. The summed E-state index contributed by atoms with van der Waals surface area (Å²) in [7, 11) is 0. The molecule has 0 N–H and O–H groups in total. The van der Waals surface area contributed by atoms with Crippen LogP contribution in [0.5, 0.6) is 0 Å². The van der Waals surface area contributed by atoms with Crippen molar-refractivity contribution in [2.75, 3.05) is 0 Å². The van der Waals surface area contributed by atoms with E-state index in [1.807, 2.05) is 13.1 Å². The van der Waals surface area contributed by atoms with Gasteiger partial charge in [0, 0.05) is 19.2 Å². The zero-order valence-electron chi connectivity index (χ0n) is 13.6. The number of imidazole rings is 1. The third-order valence-corrected chi connectivity index (χ3v) is 4.01. The molecular weight excluding hydrogens is 284 g/mol. The minimum atomic E-state index is 0.471. The van der Waals surface area contributed by atoms with Gasteiger partial charge in [-0.15, -0.1) is 0 Å². The third kappa shape index (κ3) is 3.40. The summed E-state index contributed by atoms with van der Waals surface area (Å²) in [6.45, 7) is 4.76. The first kappa shape index (κ1) is 15.2. The molecule has 0 fully saturated rings. The summed E-state index contributed by atoms with van der Waals surface area (Å²) in [6, 6.07) is 12.9. The normalized spacial score (nSPS) is 10.8. The predicted octanol–water partition coefficient (Wildman–Crippen LogP) is 3.75. The van der Waals surface area contributed by atoms with E-state index in [4.69, 9.17) is 10.2 Å². The Morgan fingerprint density at radius 2 is 1.87 bits per heavy atom. The van der Waals surface area contributed by atoms with Crippen molar-refractivity contribution in [2.45, 2.75) is 39.7 Å². The first-order valence-corrected chi connectivity index (χ1v) is 7.91. The van der Waals surface area contributed by atoms with Crippen molar-refractivity contribution in [2.24, 2.45) is 0 Å². The fraction of sp³-hybridized carbons (Fsp3) is 0.316. The van der Waals surface area contributed by atoms with Gasteiger partial charge in [0.25, 0.3) is 0 Å². The van der Waals surface area contributed by atoms with E-state index in [1.54, 1.807) is 0 Å². The standard InChI is InChI=1S/C19H20N4/c1-14-4-6-16(7-5-14)8-9-18-22-17-12-15(2)13-21-19(17)23(18)11-3-10-20/h4-7,12-13H,3,8-9,11H2,1-2H3. The Morgan fingerprint density at radius 3 is 2.61 bits per heavy atom. The van der Waals surface area contributed by atoms with Gasteiger partial charge >= 0.3 is 0 Å². The number of aryl methyl sites for hydroxylation is 5. The Morgan fingerprint density at radius 1 is 1.09 bits per heavy atom. The SMILES string of the molecule is Cc1ccc(CCc2nc3cc(C)cnc3n2CCC#N)cc1. The number of nitriles is 1. The molecule has 0 amide bonds. The molecule has 0 spiro atoms. The van der Waals surface area contributed by atoms with Crippen LogP contribution in [0.2, 0.25) is 0 Å². The molecule has 0 unspecified atom stereocenters. The monoisotopic (exact) mass is 304 g/mol. The summed E-state index contributed by atoms with van der Waals surface area (Å²) in [5.41, 5.74) is 5.48. The number of rotatable bonds is 5. The number of hydrogen-bond donors (Lipinski definition) is 0. The van der Waals surface area contributed by atoms with E-state index in [0.717, 1.165) is 35.4 Å². The van der Waals surface area contributed by atoms with Crippen LogP contribution in [0, 0.1) is 25.2 Å². The second kappa shape index (κ2) is 6.62. The van der Waals surface area contributed by atoms with Gasteiger partial charge in [-0.25, -0.2) is 9.97 Å². The van der Waals surface area contributed by atoms with Gasteiger partial charge in [0.1, 0.15) is 11.3 Å². The van der Waals surface area contributed by atoms with Crippen molar-refractivity contribution in [3.63, 3.8) is 0 Å². The lowest BCUT2D eigenvalue weighted by Gasteiger charge is -2.07. The molecule has 0 atom stereocenters. The molecule has 2 heterocycles. The smallest absolute Gasteiger partial charge is 0.160 e. The summed E-state index contributed by atoms with van der Waals surface area (Å²) in [6.07, 6.45) is 4.12. The Labute approximate surface area is 136 Å². The van der Waals surface area contributed by atoms with E-state index in [0.29, 0.717) is 13.0 Å². The van der Waals surface area contributed by atoms with Crippen LogP contribution < -0.4 is 0 Å². The highest BCUT2D eigenvalue weighted by atomic mass is 15.1. The second-order valence-electron chi connectivity index (χ2n) is 5.93. The van der Waals surface area contributed by atoms with Crippen LogP contribution >= 0.6 is 0 Å². The van der Waals surface area contributed by atoms with Gasteiger partial charge in [0.15, 0.2) is 5.65 Å². The lowest BCUT2D eigenvalue weighted by atomic mass is 10.1. The number of fused-ring (bicyclic) bond motifs is 1. The Bertz CT molecular complexity index is 853. The molecular formula is C19H20N4. The molecule has 0 aliphatic rings. The lowest BCUT2D eigenvalue weighted by molar-refractivity contribution is 0.671. The van der Waals surface area contributed by atoms with E-state index < -0.39 is 0 Å². The summed E-state index contributed by atoms with van der Waals surface area (Å²) in [5.74, 6) is 1.01. The van der Waals surface area contributed by atoms with Gasteiger partial charge in [-0.1, -0.05) is 29.8 Å². The van der Waals surface area contributed by atoms with Crippen LogP contribution in [0.4, 0.5) is 0 Å². The molecule has 0 aliphatic carbocycles. The van der Waals surface area contributed by atoms with Crippen LogP contribution in [0.3, 0.4) is 0 Å². The maximum atomic E-state index is 8.90. The predicted molar refractivity (Wildman–Crippen MR) is 91.1 cm³/mol. The van der Waals surface area contributed by atoms with E-state index in [2.05, 4.69) is 52.9 Å². The highest BCUT2D eigenvalue weighted by Crippen LogP contribution is 2.17.